The van der Waals surface area contributed by atoms with E-state index in [4.69, 9.17) is 16.3 Å². The molecule has 0 N–H and O–H groups in total. The van der Waals surface area contributed by atoms with Gasteiger partial charge in [0.1, 0.15) is 10.8 Å². The lowest BCUT2D eigenvalue weighted by Crippen LogP contribution is -2.38. The Labute approximate surface area is 127 Å². The molecule has 0 unspecified atom stereocenters. The number of amides is 1. The van der Waals surface area contributed by atoms with Gasteiger partial charge in [0, 0.05) is 12.1 Å². The van der Waals surface area contributed by atoms with Crippen LogP contribution >= 0.6 is 22.9 Å². The van der Waals surface area contributed by atoms with Crippen LogP contribution in [0.3, 0.4) is 0 Å². The Balaban J connectivity index is 1.99. The van der Waals surface area contributed by atoms with Crippen molar-refractivity contribution in [3.8, 4) is 5.75 Å². The lowest BCUT2D eigenvalue weighted by atomic mass is 10.2. The zero-order valence-electron chi connectivity index (χ0n) is 10.4. The molecule has 0 spiro atoms. The van der Waals surface area contributed by atoms with Gasteiger partial charge in [0.25, 0.3) is 11.6 Å². The van der Waals surface area contributed by atoms with Gasteiger partial charge in [0.15, 0.2) is 6.61 Å². The first kappa shape index (κ1) is 13.7. The van der Waals surface area contributed by atoms with Crippen molar-refractivity contribution in [1.29, 1.82) is 0 Å². The standard InChI is InChI=1S/C11H7ClN4O4S/c12-11-14-13-9(21-11)4-15-7-3-6(16(18)19)1-2-8(7)20-5-10(15)17/h1-3H,4-5H2. The Morgan fingerprint density at radius 2 is 2.29 bits per heavy atom. The molecule has 1 aromatic heterocycles. The van der Waals surface area contributed by atoms with Crippen molar-refractivity contribution in [2.24, 2.45) is 0 Å². The second kappa shape index (κ2) is 5.26. The van der Waals surface area contributed by atoms with Crippen LogP contribution in [0.1, 0.15) is 5.01 Å². The smallest absolute Gasteiger partial charge is 0.271 e. The van der Waals surface area contributed by atoms with Gasteiger partial charge >= 0.3 is 0 Å². The lowest BCUT2D eigenvalue weighted by molar-refractivity contribution is -0.384. The van der Waals surface area contributed by atoms with E-state index in [0.29, 0.717) is 16.4 Å². The van der Waals surface area contributed by atoms with Crippen LogP contribution in [0.15, 0.2) is 18.2 Å². The molecule has 1 aromatic carbocycles. The van der Waals surface area contributed by atoms with E-state index in [1.165, 1.54) is 23.1 Å². The highest BCUT2D eigenvalue weighted by molar-refractivity contribution is 7.15. The van der Waals surface area contributed by atoms with Crippen LogP contribution in [-0.4, -0.2) is 27.6 Å². The summed E-state index contributed by atoms with van der Waals surface area (Å²) in [5.74, 6) is 0.102. The van der Waals surface area contributed by atoms with Crippen LogP contribution in [0.2, 0.25) is 4.47 Å². The number of halogens is 1. The molecule has 0 saturated carbocycles. The second-order valence-electron chi connectivity index (χ2n) is 4.13. The van der Waals surface area contributed by atoms with Gasteiger partial charge in [-0.1, -0.05) is 11.3 Å². The van der Waals surface area contributed by atoms with Crippen LogP contribution in [-0.2, 0) is 11.3 Å². The summed E-state index contributed by atoms with van der Waals surface area (Å²) in [6, 6.07) is 4.10. The summed E-state index contributed by atoms with van der Waals surface area (Å²) in [4.78, 5) is 23.7. The number of aromatic nitrogens is 2. The largest absolute Gasteiger partial charge is 0.482 e. The Bertz CT molecular complexity index is 735. The number of anilines is 1. The molecule has 0 radical (unpaired) electrons. The predicted octanol–water partition coefficient (Wildman–Crippen LogP) is 2.03. The van der Waals surface area contributed by atoms with E-state index in [-0.39, 0.29) is 29.2 Å². The molecule has 0 saturated heterocycles. The molecule has 1 aliphatic heterocycles. The minimum atomic E-state index is -0.528. The monoisotopic (exact) mass is 326 g/mol. The van der Waals surface area contributed by atoms with E-state index in [2.05, 4.69) is 10.2 Å². The number of nitrogens with zero attached hydrogens (tertiary/aromatic N) is 4. The molecule has 10 heteroatoms. The summed E-state index contributed by atoms with van der Waals surface area (Å²) in [7, 11) is 0. The van der Waals surface area contributed by atoms with Gasteiger partial charge in [-0.2, -0.15) is 0 Å². The van der Waals surface area contributed by atoms with Gasteiger partial charge < -0.3 is 4.74 Å². The number of nitro groups is 1. The maximum absolute atomic E-state index is 12.0. The molecule has 0 atom stereocenters. The number of carbonyl (C=O) groups excluding carboxylic acids is 1. The van der Waals surface area contributed by atoms with E-state index in [0.717, 1.165) is 11.3 Å². The third-order valence-corrected chi connectivity index (χ3v) is 3.84. The van der Waals surface area contributed by atoms with Gasteiger partial charge in [-0.25, -0.2) is 0 Å². The van der Waals surface area contributed by atoms with Crippen molar-refractivity contribution < 1.29 is 14.5 Å². The van der Waals surface area contributed by atoms with Gasteiger partial charge in [0.2, 0.25) is 4.47 Å². The zero-order valence-corrected chi connectivity index (χ0v) is 11.9. The fourth-order valence-corrected chi connectivity index (χ4v) is 2.77. The van der Waals surface area contributed by atoms with Crippen molar-refractivity contribution in [3.05, 3.63) is 37.8 Å². The topological polar surface area (TPSA) is 98.5 Å². The summed E-state index contributed by atoms with van der Waals surface area (Å²) in [5.41, 5.74) is 0.221. The van der Waals surface area contributed by atoms with E-state index >= 15 is 0 Å². The second-order valence-corrected chi connectivity index (χ2v) is 5.77. The molecular weight excluding hydrogens is 320 g/mol. The number of fused-ring (bicyclic) bond motifs is 1. The molecule has 1 amide bonds. The number of hydrogen-bond acceptors (Lipinski definition) is 7. The highest BCUT2D eigenvalue weighted by Crippen LogP contribution is 2.36. The summed E-state index contributed by atoms with van der Waals surface area (Å²) < 4.78 is 5.54. The van der Waals surface area contributed by atoms with Crippen molar-refractivity contribution in [2.45, 2.75) is 6.54 Å². The first-order valence-electron chi connectivity index (χ1n) is 5.74. The van der Waals surface area contributed by atoms with Crippen LogP contribution in [0, 0.1) is 10.1 Å². The minimum absolute atomic E-state index is 0.118. The highest BCUT2D eigenvalue weighted by atomic mass is 35.5. The molecule has 2 aromatic rings. The number of carbonyl (C=O) groups is 1. The maximum Gasteiger partial charge on any atom is 0.271 e. The van der Waals surface area contributed by atoms with Gasteiger partial charge in [0.05, 0.1) is 17.2 Å². The van der Waals surface area contributed by atoms with E-state index in [1.807, 2.05) is 0 Å². The summed E-state index contributed by atoms with van der Waals surface area (Å²) in [5, 5.41) is 18.9. The Kier molecular flexibility index (Phi) is 3.43. The minimum Gasteiger partial charge on any atom is -0.482 e. The molecule has 0 bridgehead atoms. The van der Waals surface area contributed by atoms with Gasteiger partial charge in [-0.05, 0) is 17.7 Å². The number of rotatable bonds is 3. The van der Waals surface area contributed by atoms with Gasteiger partial charge in [-0.15, -0.1) is 10.2 Å². The van der Waals surface area contributed by atoms with Crippen LogP contribution in [0.5, 0.6) is 5.75 Å². The van der Waals surface area contributed by atoms with Crippen molar-refractivity contribution in [2.75, 3.05) is 11.5 Å². The number of ether oxygens (including phenoxy) is 1. The van der Waals surface area contributed by atoms with Crippen LogP contribution in [0.4, 0.5) is 11.4 Å². The molecule has 0 fully saturated rings. The Morgan fingerprint density at radius 1 is 1.48 bits per heavy atom. The summed E-state index contributed by atoms with van der Waals surface area (Å²) in [6.07, 6.45) is 0. The molecule has 1 aliphatic rings. The summed E-state index contributed by atoms with van der Waals surface area (Å²) in [6.45, 7) is 0.0120. The Morgan fingerprint density at radius 3 is 2.95 bits per heavy atom. The first-order valence-corrected chi connectivity index (χ1v) is 6.93. The summed E-state index contributed by atoms with van der Waals surface area (Å²) >= 11 is 6.85. The number of non-ortho nitro benzene ring substituents is 1. The molecular formula is C11H7ClN4O4S. The molecule has 0 aliphatic carbocycles. The van der Waals surface area contributed by atoms with Crippen LogP contribution < -0.4 is 9.64 Å². The SMILES string of the molecule is O=C1COc2ccc([N+](=O)[O-])cc2N1Cc1nnc(Cl)s1. The maximum atomic E-state index is 12.0. The highest BCUT2D eigenvalue weighted by Gasteiger charge is 2.28. The first-order chi connectivity index (χ1) is 10.0. The van der Waals surface area contributed by atoms with E-state index in [9.17, 15) is 14.9 Å². The number of benzene rings is 1. The van der Waals surface area contributed by atoms with E-state index < -0.39 is 4.92 Å². The molecule has 21 heavy (non-hydrogen) atoms. The quantitative estimate of drug-likeness (QED) is 0.632. The molecule has 8 nitrogen and oxygen atoms in total. The average molecular weight is 327 g/mol. The molecule has 3 rings (SSSR count). The van der Waals surface area contributed by atoms with Crippen LogP contribution in [0.25, 0.3) is 0 Å². The fraction of sp³-hybridized carbons (Fsp3) is 0.182. The lowest BCUT2D eigenvalue weighted by Gasteiger charge is -2.28. The predicted molar refractivity (Wildman–Crippen MR) is 74.7 cm³/mol. The van der Waals surface area contributed by atoms with Crippen molar-refractivity contribution >= 4 is 40.2 Å². The van der Waals surface area contributed by atoms with E-state index in [1.54, 1.807) is 0 Å². The third-order valence-electron chi connectivity index (χ3n) is 2.83. The fourth-order valence-electron chi connectivity index (χ4n) is 1.91. The zero-order chi connectivity index (χ0) is 15.0. The van der Waals surface area contributed by atoms with Gasteiger partial charge in [-0.3, -0.25) is 19.8 Å². The van der Waals surface area contributed by atoms with Crippen molar-refractivity contribution in [3.63, 3.8) is 0 Å². The molecule has 108 valence electrons. The Hall–Kier alpha value is -2.26. The van der Waals surface area contributed by atoms with Crippen molar-refractivity contribution in [1.82, 2.24) is 10.2 Å². The number of nitro benzene ring substituents is 1. The normalized spacial score (nSPS) is 13.8. The average Bonchev–Trinajstić information content (AvgIpc) is 2.87. The number of hydrogen-bond donors (Lipinski definition) is 0. The molecule has 2 heterocycles. The third kappa shape index (κ3) is 2.65.